The van der Waals surface area contributed by atoms with Crippen LogP contribution in [0.25, 0.3) is 0 Å². The molecule has 0 atom stereocenters. The number of benzene rings is 1. The Hall–Kier alpha value is -1.53. The number of thioether (sulfide) groups is 1. The summed E-state index contributed by atoms with van der Waals surface area (Å²) in [5.41, 5.74) is 0.441. The Morgan fingerprint density at radius 1 is 1.30 bits per heavy atom. The summed E-state index contributed by atoms with van der Waals surface area (Å²) in [6.07, 6.45) is 0. The lowest BCUT2D eigenvalue weighted by atomic mass is 10.1. The zero-order valence-corrected chi connectivity index (χ0v) is 17.2. The highest BCUT2D eigenvalue weighted by atomic mass is 32.2. The second kappa shape index (κ2) is 9.11. The van der Waals surface area contributed by atoms with E-state index >= 15 is 0 Å². The lowest BCUT2D eigenvalue weighted by Crippen LogP contribution is -2.40. The molecule has 0 saturated carbocycles. The average Bonchev–Trinajstić information content (AvgIpc) is 3.15. The molecule has 11 heteroatoms. The van der Waals surface area contributed by atoms with Gasteiger partial charge in [0, 0.05) is 30.2 Å². The standard InChI is InChI=1S/C16H20N4O4S3/c1-2-25-16-18-15(26-19-16)17-11-14(21)12-3-5-13(6-4-12)27(22,23)20-7-9-24-10-8-20/h3-6H,2,7-11H2,1H3,(H,17,18,19). The topological polar surface area (TPSA) is 101 Å². The summed E-state index contributed by atoms with van der Waals surface area (Å²) < 4.78 is 36.0. The highest BCUT2D eigenvalue weighted by molar-refractivity contribution is 7.99. The molecule has 8 nitrogen and oxygen atoms in total. The number of rotatable bonds is 8. The molecule has 2 heterocycles. The van der Waals surface area contributed by atoms with E-state index in [9.17, 15) is 13.2 Å². The first kappa shape index (κ1) is 20.2. The number of anilines is 1. The third-order valence-corrected chi connectivity index (χ3v) is 7.30. The SMILES string of the molecule is CCSc1nsc(NCC(=O)c2ccc(S(=O)(=O)N3CCOCC3)cc2)n1. The van der Waals surface area contributed by atoms with Crippen molar-refractivity contribution in [3.8, 4) is 0 Å². The molecule has 0 spiro atoms. The molecule has 1 N–H and O–H groups in total. The minimum atomic E-state index is -3.56. The van der Waals surface area contributed by atoms with Crippen LogP contribution in [-0.2, 0) is 14.8 Å². The van der Waals surface area contributed by atoms with Crippen molar-refractivity contribution in [3.63, 3.8) is 0 Å². The number of ketones is 1. The van der Waals surface area contributed by atoms with E-state index in [0.29, 0.717) is 42.2 Å². The van der Waals surface area contributed by atoms with Crippen LogP contribution in [0.3, 0.4) is 0 Å². The van der Waals surface area contributed by atoms with E-state index in [1.54, 1.807) is 0 Å². The summed E-state index contributed by atoms with van der Waals surface area (Å²) in [5.74, 6) is 0.736. The first-order valence-electron chi connectivity index (χ1n) is 8.42. The second-order valence-electron chi connectivity index (χ2n) is 5.63. The first-order chi connectivity index (χ1) is 13.0. The van der Waals surface area contributed by atoms with Crippen molar-refractivity contribution in [3.05, 3.63) is 29.8 Å². The van der Waals surface area contributed by atoms with Crippen LogP contribution < -0.4 is 5.32 Å². The van der Waals surface area contributed by atoms with Crippen LogP contribution in [-0.4, -0.2) is 66.5 Å². The fraction of sp³-hybridized carbons (Fsp3) is 0.438. The van der Waals surface area contributed by atoms with Crippen molar-refractivity contribution in [2.45, 2.75) is 17.0 Å². The van der Waals surface area contributed by atoms with Gasteiger partial charge in [-0.2, -0.15) is 13.7 Å². The zero-order chi connectivity index (χ0) is 19.3. The van der Waals surface area contributed by atoms with Gasteiger partial charge in [-0.25, -0.2) is 8.42 Å². The molecule has 27 heavy (non-hydrogen) atoms. The molecule has 1 aromatic heterocycles. The quantitative estimate of drug-likeness (QED) is 0.503. The molecule has 0 radical (unpaired) electrons. The zero-order valence-electron chi connectivity index (χ0n) is 14.8. The van der Waals surface area contributed by atoms with E-state index in [0.717, 1.165) is 5.75 Å². The molecule has 0 unspecified atom stereocenters. The molecule has 0 aliphatic carbocycles. The number of sulfonamides is 1. The molecular formula is C16H20N4O4S3. The maximum Gasteiger partial charge on any atom is 0.243 e. The van der Waals surface area contributed by atoms with Crippen LogP contribution in [0.2, 0.25) is 0 Å². The van der Waals surface area contributed by atoms with Gasteiger partial charge in [-0.05, 0) is 30.0 Å². The van der Waals surface area contributed by atoms with Gasteiger partial charge in [-0.3, -0.25) is 4.79 Å². The second-order valence-corrected chi connectivity index (χ2v) is 9.55. The van der Waals surface area contributed by atoms with Crippen molar-refractivity contribution in [1.29, 1.82) is 0 Å². The summed E-state index contributed by atoms with van der Waals surface area (Å²) in [4.78, 5) is 16.8. The number of nitrogens with zero attached hydrogens (tertiary/aromatic N) is 3. The summed E-state index contributed by atoms with van der Waals surface area (Å²) in [7, 11) is -3.56. The number of ether oxygens (including phenoxy) is 1. The Morgan fingerprint density at radius 2 is 2.00 bits per heavy atom. The highest BCUT2D eigenvalue weighted by Gasteiger charge is 2.26. The lowest BCUT2D eigenvalue weighted by molar-refractivity contribution is 0.0730. The predicted octanol–water partition coefficient (Wildman–Crippen LogP) is 1.97. The maximum absolute atomic E-state index is 12.6. The first-order valence-corrected chi connectivity index (χ1v) is 11.6. The number of morpholine rings is 1. The molecule has 1 saturated heterocycles. The molecule has 1 fully saturated rings. The Kier molecular flexibility index (Phi) is 6.82. The number of aromatic nitrogens is 2. The van der Waals surface area contributed by atoms with Crippen LogP contribution in [0.5, 0.6) is 0 Å². The molecule has 1 aromatic carbocycles. The Labute approximate surface area is 166 Å². The van der Waals surface area contributed by atoms with Crippen molar-refractivity contribution in [2.75, 3.05) is 43.9 Å². The van der Waals surface area contributed by atoms with Crippen LogP contribution in [0.1, 0.15) is 17.3 Å². The van der Waals surface area contributed by atoms with Gasteiger partial charge in [0.05, 0.1) is 24.7 Å². The fourth-order valence-electron chi connectivity index (χ4n) is 2.48. The Balaban J connectivity index is 1.61. The van der Waals surface area contributed by atoms with Crippen molar-refractivity contribution >= 4 is 44.2 Å². The minimum absolute atomic E-state index is 0.0704. The maximum atomic E-state index is 12.6. The minimum Gasteiger partial charge on any atom is -0.379 e. The smallest absolute Gasteiger partial charge is 0.243 e. The summed E-state index contributed by atoms with van der Waals surface area (Å²) in [5, 5.41) is 4.24. The van der Waals surface area contributed by atoms with E-state index < -0.39 is 10.0 Å². The van der Waals surface area contributed by atoms with Crippen molar-refractivity contribution < 1.29 is 17.9 Å². The molecular weight excluding hydrogens is 408 g/mol. The fourth-order valence-corrected chi connectivity index (χ4v) is 5.15. The third-order valence-electron chi connectivity index (χ3n) is 3.87. The van der Waals surface area contributed by atoms with Gasteiger partial charge in [0.25, 0.3) is 0 Å². The number of hydrogen-bond donors (Lipinski definition) is 1. The predicted molar refractivity (Wildman–Crippen MR) is 105 cm³/mol. The molecule has 0 bridgehead atoms. The van der Waals surface area contributed by atoms with Crippen LogP contribution >= 0.6 is 23.3 Å². The average molecular weight is 429 g/mol. The molecule has 0 amide bonds. The molecule has 2 aromatic rings. The lowest BCUT2D eigenvalue weighted by Gasteiger charge is -2.26. The molecule has 146 valence electrons. The van der Waals surface area contributed by atoms with Crippen LogP contribution in [0, 0.1) is 0 Å². The number of hydrogen-bond acceptors (Lipinski definition) is 9. The van der Waals surface area contributed by atoms with E-state index in [4.69, 9.17) is 4.74 Å². The van der Waals surface area contributed by atoms with Gasteiger partial charge in [0.15, 0.2) is 5.78 Å². The van der Waals surface area contributed by atoms with Crippen molar-refractivity contribution in [2.24, 2.45) is 0 Å². The summed E-state index contributed by atoms with van der Waals surface area (Å²) >= 11 is 2.74. The number of nitrogens with one attached hydrogen (secondary N) is 1. The van der Waals surface area contributed by atoms with Crippen molar-refractivity contribution in [1.82, 2.24) is 13.7 Å². The highest BCUT2D eigenvalue weighted by Crippen LogP contribution is 2.20. The monoisotopic (exact) mass is 428 g/mol. The summed E-state index contributed by atoms with van der Waals surface area (Å²) in [6, 6.07) is 6.02. The van der Waals surface area contributed by atoms with E-state index in [-0.39, 0.29) is 17.2 Å². The molecule has 1 aliphatic rings. The van der Waals surface area contributed by atoms with Crippen LogP contribution in [0.4, 0.5) is 5.13 Å². The Bertz CT molecular complexity index is 877. The van der Waals surface area contributed by atoms with Gasteiger partial charge in [0.1, 0.15) is 0 Å². The normalized spacial score (nSPS) is 15.6. The van der Waals surface area contributed by atoms with Gasteiger partial charge < -0.3 is 10.1 Å². The number of carbonyl (C=O) groups is 1. The summed E-state index contributed by atoms with van der Waals surface area (Å²) in [6.45, 7) is 3.56. The van der Waals surface area contributed by atoms with E-state index in [1.807, 2.05) is 6.92 Å². The Morgan fingerprint density at radius 3 is 2.67 bits per heavy atom. The van der Waals surface area contributed by atoms with Gasteiger partial charge in [0.2, 0.25) is 20.3 Å². The van der Waals surface area contributed by atoms with Crippen LogP contribution in [0.15, 0.2) is 34.3 Å². The van der Waals surface area contributed by atoms with Gasteiger partial charge in [-0.1, -0.05) is 18.7 Å². The molecule has 1 aliphatic heterocycles. The van der Waals surface area contributed by atoms with Gasteiger partial charge in [-0.15, -0.1) is 0 Å². The van der Waals surface area contributed by atoms with E-state index in [2.05, 4.69) is 14.7 Å². The third kappa shape index (κ3) is 5.05. The number of Topliss-reactive ketones (excluding diaryl/α,β-unsaturated/α-hetero) is 1. The molecule has 3 rings (SSSR count). The largest absolute Gasteiger partial charge is 0.379 e. The van der Waals surface area contributed by atoms with E-state index in [1.165, 1.54) is 51.9 Å². The number of carbonyl (C=O) groups excluding carboxylic acids is 1. The van der Waals surface area contributed by atoms with Gasteiger partial charge >= 0.3 is 0 Å².